The molecule has 0 aliphatic heterocycles. The number of hydrogen-bond acceptors (Lipinski definition) is 3. The molecule has 0 aliphatic rings. The fraction of sp³-hybridized carbons (Fsp3) is 0.176. The number of amides is 3. The highest BCUT2D eigenvalue weighted by molar-refractivity contribution is 9.10. The number of nitrogens with one attached hydrogen (secondary N) is 3. The molecule has 2 rings (SSSR count). The SMILES string of the molecule is O=C(Nc1cc(F)cc(Cl)c1)Nc1cc(Br)ccc1C(=O)NCCCO. The van der Waals surface area contributed by atoms with Crippen molar-refractivity contribution >= 4 is 50.8 Å². The summed E-state index contributed by atoms with van der Waals surface area (Å²) in [6.07, 6.45) is 0.422. The van der Waals surface area contributed by atoms with Crippen molar-refractivity contribution in [2.24, 2.45) is 0 Å². The van der Waals surface area contributed by atoms with Gasteiger partial charge in [0.2, 0.25) is 0 Å². The zero-order valence-electron chi connectivity index (χ0n) is 13.5. The van der Waals surface area contributed by atoms with E-state index in [1.165, 1.54) is 6.07 Å². The molecule has 0 aromatic heterocycles. The van der Waals surface area contributed by atoms with Gasteiger partial charge in [0.1, 0.15) is 5.82 Å². The minimum Gasteiger partial charge on any atom is -0.396 e. The maximum absolute atomic E-state index is 13.3. The smallest absolute Gasteiger partial charge is 0.323 e. The van der Waals surface area contributed by atoms with Crippen LogP contribution in [0.15, 0.2) is 40.9 Å². The van der Waals surface area contributed by atoms with Crippen molar-refractivity contribution < 1.29 is 19.1 Å². The lowest BCUT2D eigenvalue weighted by atomic mass is 10.1. The minimum atomic E-state index is -0.658. The monoisotopic (exact) mass is 443 g/mol. The zero-order valence-corrected chi connectivity index (χ0v) is 15.8. The first-order valence-corrected chi connectivity index (χ1v) is 8.79. The van der Waals surface area contributed by atoms with Crippen molar-refractivity contribution in [3.05, 3.63) is 57.3 Å². The molecule has 0 fully saturated rings. The van der Waals surface area contributed by atoms with Crippen molar-refractivity contribution in [1.82, 2.24) is 5.32 Å². The molecule has 0 bridgehead atoms. The van der Waals surface area contributed by atoms with E-state index >= 15 is 0 Å². The molecule has 9 heteroatoms. The standard InChI is InChI=1S/C17H16BrClFN3O3/c18-10-2-3-14(16(25)21-4-1-5-24)15(6-10)23-17(26)22-13-8-11(19)7-12(20)9-13/h2-3,6-9,24H,1,4-5H2,(H,21,25)(H2,22,23,26). The van der Waals surface area contributed by atoms with Gasteiger partial charge in [0, 0.05) is 28.3 Å². The number of benzene rings is 2. The summed E-state index contributed by atoms with van der Waals surface area (Å²) in [6.45, 7) is 0.267. The molecule has 0 atom stereocenters. The van der Waals surface area contributed by atoms with E-state index < -0.39 is 17.8 Å². The summed E-state index contributed by atoms with van der Waals surface area (Å²) in [5, 5.41) is 16.6. The second-order valence-corrected chi connectivity index (χ2v) is 6.61. The lowest BCUT2D eigenvalue weighted by molar-refractivity contribution is 0.0952. The number of aliphatic hydroxyl groups is 1. The Morgan fingerprint density at radius 3 is 2.62 bits per heavy atom. The van der Waals surface area contributed by atoms with Crippen LogP contribution in [0.2, 0.25) is 5.02 Å². The number of anilines is 2. The van der Waals surface area contributed by atoms with E-state index in [9.17, 15) is 14.0 Å². The summed E-state index contributed by atoms with van der Waals surface area (Å²) in [5.41, 5.74) is 0.691. The average Bonchev–Trinajstić information content (AvgIpc) is 2.53. The Labute approximate surface area is 162 Å². The Morgan fingerprint density at radius 1 is 1.15 bits per heavy atom. The molecule has 0 radical (unpaired) electrons. The van der Waals surface area contributed by atoms with Gasteiger partial charge < -0.3 is 21.1 Å². The van der Waals surface area contributed by atoms with E-state index in [0.717, 1.165) is 12.1 Å². The van der Waals surface area contributed by atoms with E-state index in [2.05, 4.69) is 31.9 Å². The third-order valence-electron chi connectivity index (χ3n) is 3.22. The first kappa shape index (κ1) is 20.2. The van der Waals surface area contributed by atoms with E-state index in [-0.39, 0.29) is 28.6 Å². The lowest BCUT2D eigenvalue weighted by Gasteiger charge is -2.13. The van der Waals surface area contributed by atoms with Gasteiger partial charge in [-0.15, -0.1) is 0 Å². The van der Waals surface area contributed by atoms with Crippen LogP contribution < -0.4 is 16.0 Å². The first-order valence-electron chi connectivity index (χ1n) is 7.62. The Morgan fingerprint density at radius 2 is 1.92 bits per heavy atom. The molecule has 0 aliphatic carbocycles. The van der Waals surface area contributed by atoms with Gasteiger partial charge in [0.25, 0.3) is 5.91 Å². The number of carbonyl (C=O) groups is 2. The second-order valence-electron chi connectivity index (χ2n) is 5.26. The van der Waals surface area contributed by atoms with E-state index in [1.807, 2.05) is 0 Å². The Hall–Kier alpha value is -2.16. The Balaban J connectivity index is 2.13. The molecule has 4 N–H and O–H groups in total. The van der Waals surface area contributed by atoms with Crippen LogP contribution in [0.25, 0.3) is 0 Å². The van der Waals surface area contributed by atoms with Crippen LogP contribution >= 0.6 is 27.5 Å². The van der Waals surface area contributed by atoms with Crippen molar-refractivity contribution in [1.29, 1.82) is 0 Å². The topological polar surface area (TPSA) is 90.5 Å². The largest absolute Gasteiger partial charge is 0.396 e. The number of hydrogen-bond donors (Lipinski definition) is 4. The number of aliphatic hydroxyl groups excluding tert-OH is 1. The van der Waals surface area contributed by atoms with Crippen molar-refractivity contribution in [3.63, 3.8) is 0 Å². The highest BCUT2D eigenvalue weighted by Gasteiger charge is 2.14. The predicted molar refractivity (Wildman–Crippen MR) is 102 cm³/mol. The van der Waals surface area contributed by atoms with Crippen LogP contribution in [0.5, 0.6) is 0 Å². The van der Waals surface area contributed by atoms with Gasteiger partial charge in [-0.05, 0) is 42.8 Å². The van der Waals surface area contributed by atoms with E-state index in [0.29, 0.717) is 17.4 Å². The fourth-order valence-electron chi connectivity index (χ4n) is 2.10. The fourth-order valence-corrected chi connectivity index (χ4v) is 2.69. The van der Waals surface area contributed by atoms with E-state index in [4.69, 9.17) is 16.7 Å². The summed E-state index contributed by atoms with van der Waals surface area (Å²) in [5.74, 6) is -0.978. The number of urea groups is 1. The molecular weight excluding hydrogens is 429 g/mol. The Kier molecular flexibility index (Phi) is 7.38. The molecule has 6 nitrogen and oxygen atoms in total. The van der Waals surface area contributed by atoms with Crippen molar-refractivity contribution in [3.8, 4) is 0 Å². The molecule has 0 unspecified atom stereocenters. The summed E-state index contributed by atoms with van der Waals surface area (Å²) < 4.78 is 14.0. The minimum absolute atomic E-state index is 0.0374. The van der Waals surface area contributed by atoms with Gasteiger partial charge in [-0.25, -0.2) is 9.18 Å². The van der Waals surface area contributed by atoms with Crippen LogP contribution in [-0.2, 0) is 0 Å². The quantitative estimate of drug-likeness (QED) is 0.508. The van der Waals surface area contributed by atoms with Gasteiger partial charge >= 0.3 is 6.03 Å². The van der Waals surface area contributed by atoms with Gasteiger partial charge in [0.15, 0.2) is 0 Å². The summed E-state index contributed by atoms with van der Waals surface area (Å²) in [7, 11) is 0. The van der Waals surface area contributed by atoms with Gasteiger partial charge in [-0.3, -0.25) is 4.79 Å². The molecule has 0 heterocycles. The Bertz CT molecular complexity index is 800. The molecular formula is C17H16BrClFN3O3. The average molecular weight is 445 g/mol. The molecule has 0 saturated heterocycles. The van der Waals surface area contributed by atoms with E-state index in [1.54, 1.807) is 18.2 Å². The second kappa shape index (κ2) is 9.51. The third kappa shape index (κ3) is 5.98. The molecule has 2 aromatic rings. The number of carbonyl (C=O) groups excluding carboxylic acids is 2. The van der Waals surface area contributed by atoms with Crippen molar-refractivity contribution in [2.75, 3.05) is 23.8 Å². The van der Waals surface area contributed by atoms with Gasteiger partial charge in [-0.1, -0.05) is 27.5 Å². The molecule has 26 heavy (non-hydrogen) atoms. The first-order chi connectivity index (χ1) is 12.4. The van der Waals surface area contributed by atoms with Crippen LogP contribution in [0.1, 0.15) is 16.8 Å². The van der Waals surface area contributed by atoms with Crippen LogP contribution in [0.4, 0.5) is 20.6 Å². The van der Waals surface area contributed by atoms with Gasteiger partial charge in [-0.2, -0.15) is 0 Å². The summed E-state index contributed by atoms with van der Waals surface area (Å²) in [6, 6.07) is 7.76. The van der Waals surface area contributed by atoms with Crippen LogP contribution in [-0.4, -0.2) is 30.2 Å². The van der Waals surface area contributed by atoms with Gasteiger partial charge in [0.05, 0.1) is 11.3 Å². The molecule has 0 saturated carbocycles. The highest BCUT2D eigenvalue weighted by atomic mass is 79.9. The molecule has 0 spiro atoms. The number of rotatable bonds is 6. The molecule has 138 valence electrons. The third-order valence-corrected chi connectivity index (χ3v) is 3.93. The summed E-state index contributed by atoms with van der Waals surface area (Å²) in [4.78, 5) is 24.4. The van der Waals surface area contributed by atoms with Crippen molar-refractivity contribution in [2.45, 2.75) is 6.42 Å². The zero-order chi connectivity index (χ0) is 19.1. The predicted octanol–water partition coefficient (Wildman–Crippen LogP) is 4.00. The summed E-state index contributed by atoms with van der Waals surface area (Å²) >= 11 is 9.03. The number of halogens is 3. The van der Waals surface area contributed by atoms with Crippen LogP contribution in [0, 0.1) is 5.82 Å². The lowest BCUT2D eigenvalue weighted by Crippen LogP contribution is -2.27. The maximum Gasteiger partial charge on any atom is 0.323 e. The molecule has 2 aromatic carbocycles. The highest BCUT2D eigenvalue weighted by Crippen LogP contribution is 2.23. The normalized spacial score (nSPS) is 10.3. The molecule has 3 amide bonds. The van der Waals surface area contributed by atoms with Crippen LogP contribution in [0.3, 0.4) is 0 Å². The maximum atomic E-state index is 13.3.